The van der Waals surface area contributed by atoms with Crippen LogP contribution in [0.4, 0.5) is 0 Å². The molecule has 3 fully saturated rings. The van der Waals surface area contributed by atoms with Gasteiger partial charge in [0, 0.05) is 18.2 Å². The zero-order valence-corrected chi connectivity index (χ0v) is 31.4. The summed E-state index contributed by atoms with van der Waals surface area (Å²) in [7, 11) is 0. The van der Waals surface area contributed by atoms with E-state index >= 15 is 0 Å². The van der Waals surface area contributed by atoms with E-state index in [2.05, 4.69) is 13.2 Å². The quantitative estimate of drug-likeness (QED) is 0.0598. The average molecular weight is 856 g/mol. The molecule has 0 spiro atoms. The number of aliphatic hydroxyl groups excluding tert-OH is 11. The van der Waals surface area contributed by atoms with Crippen molar-refractivity contribution in [1.29, 1.82) is 0 Å². The second kappa shape index (κ2) is 18.6. The third-order valence-electron chi connectivity index (χ3n) is 10.0. The summed E-state index contributed by atoms with van der Waals surface area (Å²) in [5.74, 6) is -2.71. The van der Waals surface area contributed by atoms with Crippen molar-refractivity contribution < 1.29 is 109 Å². The number of ether oxygens (including phenoxy) is 7. The van der Waals surface area contributed by atoms with E-state index in [4.69, 9.17) is 37.6 Å². The van der Waals surface area contributed by atoms with Gasteiger partial charge in [-0.05, 0) is 12.1 Å². The second-order valence-corrected chi connectivity index (χ2v) is 14.3. The fourth-order valence-corrected chi connectivity index (χ4v) is 6.76. The minimum Gasteiger partial charge on any atom is -0.512 e. The standard InChI is InChI=1S/C38H46O22/c1-13(41)5-14(2)53-12-25-28(47)35(60-37-32(51)30(49)27(46)24(11-40)58-37)33(52)38(59-25)56-22-9-17-18(43)7-16(42)8-21(17)54-34(22)15-3-4-20(19(44)6-15)55-36-31(50)29(48)26(45)23(10-39)57-36/h3-4,6-9,23-33,35-40,45-52H,1-2,5,10-12H2,(H3-,41,42,43,44)/p+1/t23-,24-,25-,26-,27-,28-,29+,30+,31-,32-,33-,35+,36-,37+,38-/m1/s1. The molecule has 0 amide bonds. The number of aromatic hydroxyl groups is 3. The van der Waals surface area contributed by atoms with Crippen molar-refractivity contribution in [2.75, 3.05) is 19.8 Å². The molecule has 330 valence electrons. The van der Waals surface area contributed by atoms with Crippen LogP contribution in [-0.2, 0) is 23.7 Å². The molecule has 60 heavy (non-hydrogen) atoms. The van der Waals surface area contributed by atoms with Gasteiger partial charge in [-0.2, -0.15) is 0 Å². The number of hydrogen-bond acceptors (Lipinski definition) is 21. The zero-order chi connectivity index (χ0) is 43.7. The molecule has 3 aliphatic heterocycles. The third-order valence-corrected chi connectivity index (χ3v) is 10.0. The molecule has 15 atom stereocenters. The van der Waals surface area contributed by atoms with Crippen LogP contribution in [0, 0.1) is 0 Å². The van der Waals surface area contributed by atoms with Gasteiger partial charge in [0.15, 0.2) is 17.8 Å². The normalized spacial score (nSPS) is 34.5. The van der Waals surface area contributed by atoms with Crippen molar-refractivity contribution in [3.63, 3.8) is 0 Å². The van der Waals surface area contributed by atoms with E-state index in [0.717, 1.165) is 18.2 Å². The van der Waals surface area contributed by atoms with Crippen LogP contribution in [0.15, 0.2) is 65.5 Å². The van der Waals surface area contributed by atoms with Crippen molar-refractivity contribution in [3.8, 4) is 40.1 Å². The number of phenols is 3. The van der Waals surface area contributed by atoms with E-state index in [0.29, 0.717) is 0 Å². The molecule has 1 aromatic heterocycles. The molecule has 22 heteroatoms. The summed E-state index contributed by atoms with van der Waals surface area (Å²) in [6.07, 6.45) is -26.3. The van der Waals surface area contributed by atoms with Crippen molar-refractivity contribution in [2.45, 2.75) is 98.5 Å². The van der Waals surface area contributed by atoms with E-state index in [-0.39, 0.29) is 51.7 Å². The van der Waals surface area contributed by atoms with Crippen molar-refractivity contribution in [2.24, 2.45) is 0 Å². The van der Waals surface area contributed by atoms with Crippen LogP contribution in [0.2, 0.25) is 0 Å². The van der Waals surface area contributed by atoms with Crippen LogP contribution in [0.1, 0.15) is 6.42 Å². The second-order valence-electron chi connectivity index (χ2n) is 14.3. The van der Waals surface area contributed by atoms with Crippen LogP contribution >= 0.6 is 0 Å². The molecule has 22 nitrogen and oxygen atoms in total. The molecule has 0 saturated carbocycles. The lowest BCUT2D eigenvalue weighted by molar-refractivity contribution is -0.353. The van der Waals surface area contributed by atoms with E-state index < -0.39 is 129 Å². The Morgan fingerprint density at radius 3 is 1.83 bits per heavy atom. The molecule has 3 aliphatic rings. The zero-order valence-electron chi connectivity index (χ0n) is 31.4. The summed E-state index contributed by atoms with van der Waals surface area (Å²) in [6, 6.07) is 6.93. The number of rotatable bonds is 14. The maximum absolute atomic E-state index is 11.6. The topological polar surface area (TPSA) is 359 Å². The minimum absolute atomic E-state index is 0.00764. The van der Waals surface area contributed by atoms with Crippen LogP contribution in [-0.4, -0.2) is 183 Å². The fraction of sp³-hybridized carbons (Fsp3) is 0.500. The molecule has 0 bridgehead atoms. The smallest absolute Gasteiger partial charge is 0.402 e. The van der Waals surface area contributed by atoms with Crippen LogP contribution < -0.4 is 9.47 Å². The van der Waals surface area contributed by atoms with Crippen molar-refractivity contribution in [3.05, 3.63) is 61.1 Å². The third kappa shape index (κ3) is 9.31. The van der Waals surface area contributed by atoms with E-state index in [1.165, 1.54) is 18.2 Å². The molecule has 0 unspecified atom stereocenters. The van der Waals surface area contributed by atoms with Crippen LogP contribution in [0.3, 0.4) is 0 Å². The van der Waals surface area contributed by atoms with Gasteiger partial charge in [0.2, 0.25) is 18.3 Å². The van der Waals surface area contributed by atoms with Gasteiger partial charge < -0.3 is 105 Å². The van der Waals surface area contributed by atoms with Crippen LogP contribution in [0.5, 0.6) is 28.7 Å². The molecular formula is C38H47O22+. The van der Waals surface area contributed by atoms with E-state index in [9.17, 15) is 71.5 Å². The predicted molar refractivity (Wildman–Crippen MR) is 197 cm³/mol. The first-order valence-electron chi connectivity index (χ1n) is 18.4. The molecule has 6 rings (SSSR count). The highest BCUT2D eigenvalue weighted by atomic mass is 16.7. The summed E-state index contributed by atoms with van der Waals surface area (Å²) in [5.41, 5.74) is -0.108. The van der Waals surface area contributed by atoms with Gasteiger partial charge in [-0.1, -0.05) is 13.2 Å². The molecule has 4 heterocycles. The first kappa shape index (κ1) is 44.9. The molecule has 3 saturated heterocycles. The summed E-state index contributed by atoms with van der Waals surface area (Å²) < 4.78 is 45.8. The SMILES string of the molecule is C=C(O)CC(=C)OC[C@H]1O[C@@H](Oc2cc3c(O)cc(O)cc3[o+]c2-c2ccc(O[C@@H]3O[C@H](CO)[C@@H](O)[C@H](O)[C@H]3O)c(O)c2)[C@H](O)[C@@H](O[C@@H]2O[C@H](CO)[C@@H](O)[C@H](O)[C@H]2O)[C@@H]1O. The average Bonchev–Trinajstić information content (AvgIpc) is 3.20. The van der Waals surface area contributed by atoms with Crippen molar-refractivity contribution >= 4 is 11.0 Å². The summed E-state index contributed by atoms with van der Waals surface area (Å²) in [5, 5.41) is 146. The Bertz CT molecular complexity index is 1990. The van der Waals surface area contributed by atoms with Gasteiger partial charge in [0.25, 0.3) is 0 Å². The maximum Gasteiger partial charge on any atom is 0.402 e. The molecular weight excluding hydrogens is 808 g/mol. The lowest BCUT2D eigenvalue weighted by Gasteiger charge is -2.45. The molecule has 0 radical (unpaired) electrons. The van der Waals surface area contributed by atoms with Crippen LogP contribution in [0.25, 0.3) is 22.3 Å². The number of aliphatic hydroxyl groups is 11. The highest BCUT2D eigenvalue weighted by molar-refractivity contribution is 5.88. The Hall–Kier alpha value is -4.63. The first-order valence-corrected chi connectivity index (χ1v) is 18.4. The number of fused-ring (bicyclic) bond motifs is 1. The fourth-order valence-electron chi connectivity index (χ4n) is 6.76. The summed E-state index contributed by atoms with van der Waals surface area (Å²) >= 11 is 0. The minimum atomic E-state index is -2.01. The lowest BCUT2D eigenvalue weighted by Crippen LogP contribution is -2.65. The Balaban J connectivity index is 1.35. The first-order chi connectivity index (χ1) is 28.4. The van der Waals surface area contributed by atoms with Gasteiger partial charge >= 0.3 is 11.3 Å². The molecule has 3 aromatic rings. The Kier molecular flexibility index (Phi) is 13.9. The number of hydrogen-bond donors (Lipinski definition) is 14. The predicted octanol–water partition coefficient (Wildman–Crippen LogP) is -2.32. The van der Waals surface area contributed by atoms with Gasteiger partial charge in [-0.25, -0.2) is 4.42 Å². The summed E-state index contributed by atoms with van der Waals surface area (Å²) in [6.45, 7) is 4.94. The monoisotopic (exact) mass is 855 g/mol. The molecule has 0 aliphatic carbocycles. The molecule has 14 N–H and O–H groups in total. The Morgan fingerprint density at radius 2 is 1.22 bits per heavy atom. The van der Waals surface area contributed by atoms with Gasteiger partial charge in [-0.15, -0.1) is 0 Å². The van der Waals surface area contributed by atoms with Crippen molar-refractivity contribution in [1.82, 2.24) is 0 Å². The summed E-state index contributed by atoms with van der Waals surface area (Å²) in [4.78, 5) is 0. The van der Waals surface area contributed by atoms with E-state index in [1.54, 1.807) is 0 Å². The maximum atomic E-state index is 11.6. The highest BCUT2D eigenvalue weighted by Crippen LogP contribution is 2.43. The largest absolute Gasteiger partial charge is 0.512 e. The lowest BCUT2D eigenvalue weighted by atomic mass is 9.97. The number of phenolic OH excluding ortho intramolecular Hbond substituents is 3. The highest BCUT2D eigenvalue weighted by Gasteiger charge is 2.52. The Morgan fingerprint density at radius 1 is 0.633 bits per heavy atom. The van der Waals surface area contributed by atoms with Gasteiger partial charge in [0.05, 0.1) is 42.8 Å². The van der Waals surface area contributed by atoms with Gasteiger partial charge in [0.1, 0.15) is 96.7 Å². The van der Waals surface area contributed by atoms with E-state index in [1.807, 2.05) is 0 Å². The molecule has 2 aromatic carbocycles. The Labute approximate surface area is 339 Å². The number of benzene rings is 2. The van der Waals surface area contributed by atoms with Gasteiger partial charge in [-0.3, -0.25) is 0 Å².